The van der Waals surface area contributed by atoms with Gasteiger partial charge in [0.2, 0.25) is 17.8 Å². The summed E-state index contributed by atoms with van der Waals surface area (Å²) in [6.45, 7) is 3.34. The van der Waals surface area contributed by atoms with Crippen LogP contribution in [0, 0.1) is 0 Å². The molecule has 0 atom stereocenters. The largest absolute Gasteiger partial charge is 0.396 e. The lowest BCUT2D eigenvalue weighted by Crippen LogP contribution is -2.27. The number of nitrogens with one attached hydrogen (secondary N) is 4. The molecule has 0 unspecified atom stereocenters. The second kappa shape index (κ2) is 15.8. The molecule has 1 heterocycles. The van der Waals surface area contributed by atoms with Gasteiger partial charge in [0, 0.05) is 43.5 Å². The number of nitrogens with zero attached hydrogens (tertiary/aromatic N) is 3. The van der Waals surface area contributed by atoms with Crippen LogP contribution < -0.4 is 27.0 Å². The van der Waals surface area contributed by atoms with Crippen LogP contribution in [0.1, 0.15) is 42.5 Å². The van der Waals surface area contributed by atoms with E-state index in [9.17, 15) is 4.79 Å². The van der Waals surface area contributed by atoms with Crippen molar-refractivity contribution < 1.29 is 19.4 Å². The van der Waals surface area contributed by atoms with Gasteiger partial charge in [0.1, 0.15) is 0 Å². The molecule has 0 bridgehead atoms. The zero-order chi connectivity index (χ0) is 25.4. The Morgan fingerprint density at radius 2 is 1.75 bits per heavy atom. The SMILES string of the molecule is NCCOCCOCCNC(=O)c1cccc(Nc2nc(NCCCO)nc(NC3CCCC3)n2)c1. The number of amides is 1. The van der Waals surface area contributed by atoms with Gasteiger partial charge in [0.15, 0.2) is 0 Å². The van der Waals surface area contributed by atoms with E-state index < -0.39 is 0 Å². The molecule has 1 aliphatic carbocycles. The van der Waals surface area contributed by atoms with Gasteiger partial charge in [-0.25, -0.2) is 0 Å². The Hall–Kier alpha value is -3.06. The topological polar surface area (TPSA) is 169 Å². The van der Waals surface area contributed by atoms with Crippen LogP contribution in [0.2, 0.25) is 0 Å². The Labute approximate surface area is 211 Å². The Morgan fingerprint density at radius 1 is 1.00 bits per heavy atom. The molecule has 12 nitrogen and oxygen atoms in total. The fourth-order valence-electron chi connectivity index (χ4n) is 3.72. The lowest BCUT2D eigenvalue weighted by molar-refractivity contribution is 0.0511. The number of benzene rings is 1. The van der Waals surface area contributed by atoms with E-state index in [1.54, 1.807) is 18.2 Å². The third-order valence-electron chi connectivity index (χ3n) is 5.49. The van der Waals surface area contributed by atoms with E-state index in [-0.39, 0.29) is 12.5 Å². The van der Waals surface area contributed by atoms with Gasteiger partial charge in [-0.2, -0.15) is 15.0 Å². The maximum atomic E-state index is 12.6. The summed E-state index contributed by atoms with van der Waals surface area (Å²) < 4.78 is 10.7. The molecule has 7 N–H and O–H groups in total. The van der Waals surface area contributed by atoms with Crippen molar-refractivity contribution in [1.82, 2.24) is 20.3 Å². The first kappa shape index (κ1) is 27.5. The van der Waals surface area contributed by atoms with E-state index in [0.29, 0.717) is 87.6 Å². The highest BCUT2D eigenvalue weighted by atomic mass is 16.5. The molecule has 2 aromatic rings. The molecule has 12 heteroatoms. The number of anilines is 4. The first-order chi connectivity index (χ1) is 17.7. The quantitative estimate of drug-likeness (QED) is 0.173. The minimum atomic E-state index is -0.202. The average molecular weight is 503 g/mol. The second-order valence-electron chi connectivity index (χ2n) is 8.41. The summed E-state index contributed by atoms with van der Waals surface area (Å²) >= 11 is 0. The van der Waals surface area contributed by atoms with Crippen LogP contribution in [0.4, 0.5) is 23.5 Å². The summed E-state index contributed by atoms with van der Waals surface area (Å²) in [6.07, 6.45) is 5.15. The Morgan fingerprint density at radius 3 is 2.53 bits per heavy atom. The number of rotatable bonds is 17. The lowest BCUT2D eigenvalue weighted by atomic mass is 10.2. The van der Waals surface area contributed by atoms with E-state index in [2.05, 4.69) is 36.2 Å². The number of carbonyl (C=O) groups is 1. The molecule has 0 radical (unpaired) electrons. The molecule has 0 saturated heterocycles. The lowest BCUT2D eigenvalue weighted by Gasteiger charge is -2.15. The van der Waals surface area contributed by atoms with Gasteiger partial charge in [-0.05, 0) is 37.5 Å². The van der Waals surface area contributed by atoms with Gasteiger partial charge < -0.3 is 41.6 Å². The Balaban J connectivity index is 1.56. The summed E-state index contributed by atoms with van der Waals surface area (Å²) in [4.78, 5) is 26.0. The van der Waals surface area contributed by atoms with Crippen molar-refractivity contribution in [3.63, 3.8) is 0 Å². The van der Waals surface area contributed by atoms with Gasteiger partial charge in [-0.15, -0.1) is 0 Å². The number of aliphatic hydroxyl groups excluding tert-OH is 1. The van der Waals surface area contributed by atoms with Crippen molar-refractivity contribution in [3.05, 3.63) is 29.8 Å². The van der Waals surface area contributed by atoms with Crippen molar-refractivity contribution in [2.75, 3.05) is 68.6 Å². The standard InChI is InChI=1S/C24H38N8O4/c25-9-13-35-15-16-36-14-11-26-21(34)18-5-3-8-20(17-18)29-24-31-22(27-10-4-12-33)30-23(32-24)28-19-6-1-2-7-19/h3,5,8,17,19,33H,1-2,4,6-7,9-16,25H2,(H,26,34)(H3,27,28,29,30,31,32). The summed E-state index contributed by atoms with van der Waals surface area (Å²) in [5.41, 5.74) is 6.54. The molecule has 0 aliphatic heterocycles. The maximum Gasteiger partial charge on any atom is 0.251 e. The fourth-order valence-corrected chi connectivity index (χ4v) is 3.72. The van der Waals surface area contributed by atoms with E-state index in [0.717, 1.165) is 12.8 Å². The highest BCUT2D eigenvalue weighted by Gasteiger charge is 2.17. The van der Waals surface area contributed by atoms with Crippen LogP contribution in [0.3, 0.4) is 0 Å². The molecule has 1 aliphatic rings. The minimum absolute atomic E-state index is 0.0839. The monoisotopic (exact) mass is 502 g/mol. The van der Waals surface area contributed by atoms with E-state index in [1.807, 2.05) is 6.07 Å². The predicted molar refractivity (Wildman–Crippen MR) is 139 cm³/mol. The van der Waals surface area contributed by atoms with Crippen molar-refractivity contribution in [1.29, 1.82) is 0 Å². The van der Waals surface area contributed by atoms with Gasteiger partial charge >= 0.3 is 0 Å². The summed E-state index contributed by atoms with van der Waals surface area (Å²) in [5.74, 6) is 1.07. The number of hydrogen-bond acceptors (Lipinski definition) is 11. The molecule has 1 aromatic heterocycles. The molecule has 1 saturated carbocycles. The molecule has 198 valence electrons. The number of nitrogens with two attached hydrogens (primary N) is 1. The summed E-state index contributed by atoms with van der Waals surface area (Å²) in [7, 11) is 0. The molecular weight excluding hydrogens is 464 g/mol. The average Bonchev–Trinajstić information content (AvgIpc) is 3.39. The number of carbonyl (C=O) groups excluding carboxylic acids is 1. The third kappa shape index (κ3) is 9.90. The van der Waals surface area contributed by atoms with Gasteiger partial charge in [0.25, 0.3) is 5.91 Å². The van der Waals surface area contributed by atoms with Gasteiger partial charge in [0.05, 0.1) is 26.4 Å². The number of aliphatic hydroxyl groups is 1. The van der Waals surface area contributed by atoms with Gasteiger partial charge in [-0.3, -0.25) is 4.79 Å². The second-order valence-corrected chi connectivity index (χ2v) is 8.41. The molecular formula is C24H38N8O4. The molecule has 3 rings (SSSR count). The van der Waals surface area contributed by atoms with E-state index in [4.69, 9.17) is 20.3 Å². The maximum absolute atomic E-state index is 12.6. The van der Waals surface area contributed by atoms with Crippen molar-refractivity contribution >= 4 is 29.4 Å². The zero-order valence-corrected chi connectivity index (χ0v) is 20.7. The predicted octanol–water partition coefficient (Wildman–Crippen LogP) is 1.49. The van der Waals surface area contributed by atoms with Crippen LogP contribution in [-0.4, -0.2) is 84.7 Å². The Bertz CT molecular complexity index is 927. The highest BCUT2D eigenvalue weighted by molar-refractivity contribution is 5.95. The van der Waals surface area contributed by atoms with Crippen molar-refractivity contribution in [2.24, 2.45) is 5.73 Å². The van der Waals surface area contributed by atoms with Gasteiger partial charge in [-0.1, -0.05) is 18.9 Å². The van der Waals surface area contributed by atoms with Crippen LogP contribution in [0.25, 0.3) is 0 Å². The molecule has 1 fully saturated rings. The van der Waals surface area contributed by atoms with E-state index >= 15 is 0 Å². The smallest absolute Gasteiger partial charge is 0.251 e. The number of ether oxygens (including phenoxy) is 2. The molecule has 1 aromatic carbocycles. The summed E-state index contributed by atoms with van der Waals surface area (Å²) in [5, 5.41) is 21.6. The van der Waals surface area contributed by atoms with Crippen LogP contribution >= 0.6 is 0 Å². The fraction of sp³-hybridized carbons (Fsp3) is 0.583. The van der Waals surface area contributed by atoms with Crippen LogP contribution in [0.15, 0.2) is 24.3 Å². The zero-order valence-electron chi connectivity index (χ0n) is 20.7. The minimum Gasteiger partial charge on any atom is -0.396 e. The first-order valence-corrected chi connectivity index (χ1v) is 12.6. The molecule has 1 amide bonds. The summed E-state index contributed by atoms with van der Waals surface area (Å²) in [6, 6.07) is 7.46. The Kier molecular flexibility index (Phi) is 12.1. The van der Waals surface area contributed by atoms with Crippen LogP contribution in [-0.2, 0) is 9.47 Å². The van der Waals surface area contributed by atoms with Crippen LogP contribution in [0.5, 0.6) is 0 Å². The van der Waals surface area contributed by atoms with Crippen molar-refractivity contribution in [3.8, 4) is 0 Å². The number of hydrogen-bond donors (Lipinski definition) is 6. The molecule has 36 heavy (non-hydrogen) atoms. The first-order valence-electron chi connectivity index (χ1n) is 12.6. The third-order valence-corrected chi connectivity index (χ3v) is 5.49. The van der Waals surface area contributed by atoms with Crippen molar-refractivity contribution in [2.45, 2.75) is 38.1 Å². The molecule has 0 spiro atoms. The normalized spacial score (nSPS) is 13.5. The number of aromatic nitrogens is 3. The highest BCUT2D eigenvalue weighted by Crippen LogP contribution is 2.22. The van der Waals surface area contributed by atoms with E-state index in [1.165, 1.54) is 12.8 Å².